The number of ether oxygens (including phenoxy) is 1. The van der Waals surface area contributed by atoms with Crippen LogP contribution in [-0.2, 0) is 14.4 Å². The van der Waals surface area contributed by atoms with Crippen molar-refractivity contribution < 1.29 is 29.3 Å². The Balaban J connectivity index is 2.30. The molecule has 1 heterocycles. The zero-order chi connectivity index (χ0) is 18.6. The van der Waals surface area contributed by atoms with Crippen LogP contribution in [0, 0.1) is 0 Å². The molecule has 0 unspecified atom stereocenters. The number of rotatable bonds is 7. The monoisotopic (exact) mass is 379 g/mol. The van der Waals surface area contributed by atoms with Gasteiger partial charge in [0.2, 0.25) is 0 Å². The van der Waals surface area contributed by atoms with Crippen molar-refractivity contribution in [1.82, 2.24) is 4.90 Å². The van der Waals surface area contributed by atoms with Gasteiger partial charge >= 0.3 is 0 Å². The van der Waals surface area contributed by atoms with Crippen LogP contribution in [0.2, 0.25) is 0 Å². The van der Waals surface area contributed by atoms with Gasteiger partial charge in [-0.3, -0.25) is 9.69 Å². The first-order chi connectivity index (χ1) is 11.8. The quantitative estimate of drug-likeness (QED) is 0.463. The second-order valence-electron chi connectivity index (χ2n) is 5.04. The normalized spacial score (nSPS) is 17.0. The molecule has 0 N–H and O–H groups in total. The van der Waals surface area contributed by atoms with Gasteiger partial charge in [0.15, 0.2) is 0 Å². The molecule has 7 nitrogen and oxygen atoms in total. The molecule has 25 heavy (non-hydrogen) atoms. The summed E-state index contributed by atoms with van der Waals surface area (Å²) in [5, 5.41) is 21.9. The number of amides is 1. The number of para-hydroxylation sites is 1. The van der Waals surface area contributed by atoms with Crippen LogP contribution in [0.25, 0.3) is 6.08 Å². The number of aliphatic carboxylic acids is 2. The van der Waals surface area contributed by atoms with Gasteiger partial charge in [0.1, 0.15) is 10.1 Å². The summed E-state index contributed by atoms with van der Waals surface area (Å²) >= 11 is 6.02. The zero-order valence-electron chi connectivity index (χ0n) is 13.1. The van der Waals surface area contributed by atoms with Crippen molar-refractivity contribution in [1.29, 1.82) is 0 Å². The van der Waals surface area contributed by atoms with E-state index < -0.39 is 30.3 Å². The van der Waals surface area contributed by atoms with Gasteiger partial charge in [-0.25, -0.2) is 0 Å². The molecule has 1 saturated heterocycles. The molecular weight excluding hydrogens is 366 g/mol. The molecule has 0 spiro atoms. The maximum atomic E-state index is 12.6. The van der Waals surface area contributed by atoms with Crippen LogP contribution in [0.5, 0.6) is 5.75 Å². The lowest BCUT2D eigenvalue weighted by molar-refractivity contribution is -0.311. The smallest absolute Gasteiger partial charge is 0.266 e. The number of nitrogens with zero attached hydrogens (tertiary/aromatic N) is 1. The Morgan fingerprint density at radius 1 is 1.36 bits per heavy atom. The summed E-state index contributed by atoms with van der Waals surface area (Å²) in [6.45, 7) is 0. The van der Waals surface area contributed by atoms with Crippen molar-refractivity contribution >= 4 is 52.2 Å². The number of carboxylic acid groups (broad SMARTS) is 2. The van der Waals surface area contributed by atoms with E-state index in [4.69, 9.17) is 17.0 Å². The molecule has 1 aliphatic rings. The van der Waals surface area contributed by atoms with Gasteiger partial charge in [-0.15, -0.1) is 0 Å². The lowest BCUT2D eigenvalue weighted by atomic mass is 10.1. The molecule has 9 heteroatoms. The summed E-state index contributed by atoms with van der Waals surface area (Å²) in [5.41, 5.74) is 0.630. The molecule has 0 aliphatic carbocycles. The fourth-order valence-corrected chi connectivity index (χ4v) is 3.63. The number of benzene rings is 1. The number of thiocarbonyl (C=S) groups is 1. The standard InChI is InChI=1S/C16H15NO6S2/c1-23-11-5-3-2-4-9(11)8-12-14(20)17(16(24)25-12)10(15(21)22)6-7-13(18)19/h2-5,8,10H,6-7H2,1H3,(H,18,19)(H,21,22)/p-2/b12-8+/t10-/m1/s1. The summed E-state index contributed by atoms with van der Waals surface area (Å²) in [6, 6.07) is 5.52. The first kappa shape index (κ1) is 18.9. The Morgan fingerprint density at radius 2 is 2.04 bits per heavy atom. The zero-order valence-corrected chi connectivity index (χ0v) is 14.7. The van der Waals surface area contributed by atoms with E-state index in [1.807, 2.05) is 0 Å². The van der Waals surface area contributed by atoms with Gasteiger partial charge in [-0.05, 0) is 25.0 Å². The van der Waals surface area contributed by atoms with Crippen molar-refractivity contribution in [2.75, 3.05) is 7.11 Å². The van der Waals surface area contributed by atoms with Crippen LogP contribution >= 0.6 is 24.0 Å². The first-order valence-electron chi connectivity index (χ1n) is 7.16. The molecule has 1 fully saturated rings. The van der Waals surface area contributed by atoms with Gasteiger partial charge in [0, 0.05) is 11.5 Å². The number of hydrogen-bond acceptors (Lipinski definition) is 8. The highest BCUT2D eigenvalue weighted by atomic mass is 32.2. The van der Waals surface area contributed by atoms with E-state index in [0.29, 0.717) is 11.3 Å². The molecule has 132 valence electrons. The van der Waals surface area contributed by atoms with Crippen LogP contribution in [0.1, 0.15) is 18.4 Å². The van der Waals surface area contributed by atoms with Crippen molar-refractivity contribution in [3.05, 3.63) is 34.7 Å². The predicted octanol–water partition coefficient (Wildman–Crippen LogP) is -0.455. The second kappa shape index (κ2) is 8.13. The summed E-state index contributed by atoms with van der Waals surface area (Å²) in [6.07, 6.45) is 0.670. The number of carbonyl (C=O) groups is 3. The minimum absolute atomic E-state index is 0.0266. The Bertz CT molecular complexity index is 761. The molecule has 0 aromatic heterocycles. The van der Waals surface area contributed by atoms with Gasteiger partial charge in [0.05, 0.1) is 24.0 Å². The Labute approximate surface area is 153 Å². The molecule has 2 rings (SSSR count). The third-order valence-corrected chi connectivity index (χ3v) is 4.79. The summed E-state index contributed by atoms with van der Waals surface area (Å²) < 4.78 is 5.23. The summed E-state index contributed by atoms with van der Waals surface area (Å²) in [4.78, 5) is 35.6. The predicted molar refractivity (Wildman–Crippen MR) is 91.0 cm³/mol. The highest BCUT2D eigenvalue weighted by Crippen LogP contribution is 2.36. The molecular formula is C16H13NO6S2-2. The number of hydrogen-bond donors (Lipinski definition) is 0. The van der Waals surface area contributed by atoms with Gasteiger partial charge in [-0.1, -0.05) is 42.2 Å². The number of methoxy groups -OCH3 is 1. The van der Waals surface area contributed by atoms with E-state index in [1.165, 1.54) is 7.11 Å². The second-order valence-corrected chi connectivity index (χ2v) is 6.71. The molecule has 1 aliphatic heterocycles. The molecule has 1 aromatic carbocycles. The van der Waals surface area contributed by atoms with Crippen molar-refractivity contribution in [3.8, 4) is 5.75 Å². The van der Waals surface area contributed by atoms with E-state index in [9.17, 15) is 24.6 Å². The summed E-state index contributed by atoms with van der Waals surface area (Å²) in [7, 11) is 1.49. The first-order valence-corrected chi connectivity index (χ1v) is 8.38. The maximum Gasteiger partial charge on any atom is 0.266 e. The van der Waals surface area contributed by atoms with Crippen molar-refractivity contribution in [2.45, 2.75) is 18.9 Å². The van der Waals surface area contributed by atoms with E-state index in [1.54, 1.807) is 30.3 Å². The highest BCUT2D eigenvalue weighted by molar-refractivity contribution is 8.26. The average Bonchev–Trinajstić information content (AvgIpc) is 2.82. The molecule has 0 saturated carbocycles. The van der Waals surface area contributed by atoms with E-state index in [-0.39, 0.29) is 15.6 Å². The Kier molecular flexibility index (Phi) is 6.16. The molecule has 0 bridgehead atoms. The Hall–Kier alpha value is -2.39. The topological polar surface area (TPSA) is 110 Å². The number of thioether (sulfide) groups is 1. The molecule has 1 atom stereocenters. The third-order valence-electron chi connectivity index (χ3n) is 3.45. The fraction of sp³-hybridized carbons (Fsp3) is 0.250. The van der Waals surface area contributed by atoms with Crippen LogP contribution < -0.4 is 14.9 Å². The van der Waals surface area contributed by atoms with Crippen LogP contribution in [-0.4, -0.2) is 40.2 Å². The molecule has 0 radical (unpaired) electrons. The van der Waals surface area contributed by atoms with E-state index in [2.05, 4.69) is 0 Å². The highest BCUT2D eigenvalue weighted by Gasteiger charge is 2.37. The van der Waals surface area contributed by atoms with Crippen LogP contribution in [0.3, 0.4) is 0 Å². The number of carbonyl (C=O) groups excluding carboxylic acids is 3. The molecule has 1 aromatic rings. The van der Waals surface area contributed by atoms with Gasteiger partial charge < -0.3 is 24.5 Å². The van der Waals surface area contributed by atoms with Gasteiger partial charge in [0.25, 0.3) is 5.91 Å². The fourth-order valence-electron chi connectivity index (χ4n) is 2.28. The van der Waals surface area contributed by atoms with E-state index >= 15 is 0 Å². The van der Waals surface area contributed by atoms with Crippen LogP contribution in [0.4, 0.5) is 0 Å². The minimum atomic E-state index is -1.57. The van der Waals surface area contributed by atoms with E-state index in [0.717, 1.165) is 16.7 Å². The lowest BCUT2D eigenvalue weighted by Gasteiger charge is -2.27. The minimum Gasteiger partial charge on any atom is -0.550 e. The van der Waals surface area contributed by atoms with Crippen molar-refractivity contribution in [2.24, 2.45) is 0 Å². The van der Waals surface area contributed by atoms with Crippen LogP contribution in [0.15, 0.2) is 29.2 Å². The SMILES string of the molecule is COc1ccccc1/C=C1/SC(=S)N([C@H](CCC(=O)[O-])C(=O)[O-])C1=O. The lowest BCUT2D eigenvalue weighted by Crippen LogP contribution is -2.50. The largest absolute Gasteiger partial charge is 0.550 e. The molecule has 1 amide bonds. The third kappa shape index (κ3) is 4.37. The maximum absolute atomic E-state index is 12.6. The average molecular weight is 379 g/mol. The van der Waals surface area contributed by atoms with Gasteiger partial charge in [-0.2, -0.15) is 0 Å². The number of carboxylic acids is 2. The van der Waals surface area contributed by atoms with Crippen molar-refractivity contribution in [3.63, 3.8) is 0 Å². The Morgan fingerprint density at radius 3 is 2.64 bits per heavy atom. The summed E-state index contributed by atoms with van der Waals surface area (Å²) in [5.74, 6) is -3.06.